The number of nitrogens with zero attached hydrogens (tertiary/aromatic N) is 2. The zero-order chi connectivity index (χ0) is 45.4. The fourth-order valence-electron chi connectivity index (χ4n) is 10.5. The summed E-state index contributed by atoms with van der Waals surface area (Å²) in [6.45, 7) is 0. The summed E-state index contributed by atoms with van der Waals surface area (Å²) >= 11 is 0. The molecule has 11 aromatic carbocycles. The van der Waals surface area contributed by atoms with Crippen LogP contribution in [0.5, 0.6) is 11.5 Å². The van der Waals surface area contributed by atoms with Gasteiger partial charge in [-0.3, -0.25) is 0 Å². The number of ether oxygens (including phenoxy) is 1. The molecule has 0 N–H and O–H groups in total. The van der Waals surface area contributed by atoms with Crippen LogP contribution in [0.15, 0.2) is 251 Å². The molecular weight excluding hydrogens is 845 g/mol. The molecule has 0 atom stereocenters. The first-order chi connectivity index (χ1) is 34.2. The van der Waals surface area contributed by atoms with Gasteiger partial charge in [0.1, 0.15) is 22.7 Å². The summed E-state index contributed by atoms with van der Waals surface area (Å²) in [6, 6.07) is 85.4. The normalized spacial score (nSPS) is 11.9. The Morgan fingerprint density at radius 1 is 0.275 bits per heavy atom. The molecule has 0 radical (unpaired) electrons. The predicted molar refractivity (Wildman–Crippen MR) is 284 cm³/mol. The third-order valence-corrected chi connectivity index (χ3v) is 13.7. The van der Waals surface area contributed by atoms with Gasteiger partial charge in [-0.15, -0.1) is 0 Å². The molecule has 5 heteroatoms. The van der Waals surface area contributed by atoms with Crippen molar-refractivity contribution in [2.75, 3.05) is 9.80 Å². The topological polar surface area (TPSA) is 42.0 Å². The molecule has 0 bridgehead atoms. The van der Waals surface area contributed by atoms with E-state index in [4.69, 9.17) is 13.6 Å². The molecule has 0 fully saturated rings. The molecule has 1 aliphatic heterocycles. The Hall–Kier alpha value is -9.32. The molecule has 0 amide bonds. The Morgan fingerprint density at radius 2 is 0.739 bits per heavy atom. The highest BCUT2D eigenvalue weighted by atomic mass is 16.5. The van der Waals surface area contributed by atoms with Crippen LogP contribution in [0.2, 0.25) is 0 Å². The summed E-state index contributed by atoms with van der Waals surface area (Å²) in [5.41, 5.74) is 16.0. The van der Waals surface area contributed by atoms with Crippen molar-refractivity contribution in [2.45, 2.75) is 0 Å². The largest absolute Gasteiger partial charge is 0.456 e. The van der Waals surface area contributed by atoms with E-state index in [0.717, 1.165) is 123 Å². The maximum atomic E-state index is 7.06. The molecule has 0 saturated carbocycles. The minimum Gasteiger partial charge on any atom is -0.456 e. The second-order valence-electron chi connectivity index (χ2n) is 17.6. The van der Waals surface area contributed by atoms with Crippen molar-refractivity contribution in [3.05, 3.63) is 243 Å². The van der Waals surface area contributed by atoms with Gasteiger partial charge in [-0.05, 0) is 101 Å². The number of fused-ring (bicyclic) bond motifs is 8. The van der Waals surface area contributed by atoms with E-state index in [0.29, 0.717) is 0 Å². The van der Waals surface area contributed by atoms with Gasteiger partial charge in [-0.2, -0.15) is 0 Å². The molecule has 5 nitrogen and oxygen atoms in total. The van der Waals surface area contributed by atoms with Crippen molar-refractivity contribution >= 4 is 88.8 Å². The number of rotatable bonds is 8. The number of hydrogen-bond donors (Lipinski definition) is 0. The van der Waals surface area contributed by atoms with Crippen molar-refractivity contribution in [2.24, 2.45) is 0 Å². The summed E-state index contributed by atoms with van der Waals surface area (Å²) in [6.07, 6.45) is 0. The van der Waals surface area contributed by atoms with Crippen LogP contribution in [0, 0.1) is 0 Å². The van der Waals surface area contributed by atoms with Crippen LogP contribution < -0.4 is 14.5 Å². The second-order valence-corrected chi connectivity index (χ2v) is 17.6. The second kappa shape index (κ2) is 15.7. The van der Waals surface area contributed by atoms with Crippen molar-refractivity contribution in [1.82, 2.24) is 0 Å². The molecule has 0 spiro atoms. The highest BCUT2D eigenvalue weighted by molar-refractivity contribution is 6.15. The van der Waals surface area contributed by atoms with Crippen molar-refractivity contribution in [1.29, 1.82) is 0 Å². The molecule has 3 heterocycles. The Morgan fingerprint density at radius 3 is 1.35 bits per heavy atom. The van der Waals surface area contributed by atoms with E-state index in [9.17, 15) is 0 Å². The quantitative estimate of drug-likeness (QED) is 0.152. The lowest BCUT2D eigenvalue weighted by atomic mass is 9.92. The molecule has 0 saturated heterocycles. The molecule has 2 aromatic heterocycles. The first-order valence-electron chi connectivity index (χ1n) is 23.3. The maximum Gasteiger partial charge on any atom is 0.159 e. The summed E-state index contributed by atoms with van der Waals surface area (Å²) < 4.78 is 20.5. The van der Waals surface area contributed by atoms with Gasteiger partial charge in [0.2, 0.25) is 0 Å². The third-order valence-electron chi connectivity index (χ3n) is 13.7. The van der Waals surface area contributed by atoms with E-state index in [-0.39, 0.29) is 0 Å². The van der Waals surface area contributed by atoms with Crippen LogP contribution in [-0.4, -0.2) is 0 Å². The van der Waals surface area contributed by atoms with Gasteiger partial charge in [0.15, 0.2) is 11.2 Å². The summed E-state index contributed by atoms with van der Waals surface area (Å²) in [4.78, 5) is 4.61. The number of anilines is 6. The minimum atomic E-state index is 0.781. The van der Waals surface area contributed by atoms with Gasteiger partial charge < -0.3 is 23.4 Å². The average Bonchev–Trinajstić information content (AvgIpc) is 4.00. The van der Waals surface area contributed by atoms with Gasteiger partial charge in [-0.25, -0.2) is 0 Å². The molecule has 0 unspecified atom stereocenters. The monoisotopic (exact) mass is 884 g/mol. The maximum absolute atomic E-state index is 7.06. The standard InChI is InChI=1S/C64H40N2O3/c1-3-14-41(15-4-1)43-28-32-45(33-29-43)65(56-23-11-20-52-48-18-7-9-25-58(48)68-63(52)56)47-36-37-50-51-38-39-55(54-22-13-27-60(62(51)54)67-61(50)40-47)66(46-34-30-44(31-35-46)42-16-5-2-6-17-42)57-24-12-21-53-49-19-8-10-26-59(49)69-64(53)57/h1-40H. The van der Waals surface area contributed by atoms with Crippen LogP contribution >= 0.6 is 0 Å². The fourth-order valence-corrected chi connectivity index (χ4v) is 10.5. The van der Waals surface area contributed by atoms with Crippen LogP contribution in [0.3, 0.4) is 0 Å². The lowest BCUT2D eigenvalue weighted by Crippen LogP contribution is -2.12. The number of hydrogen-bond acceptors (Lipinski definition) is 5. The van der Waals surface area contributed by atoms with E-state index >= 15 is 0 Å². The van der Waals surface area contributed by atoms with Crippen molar-refractivity contribution in [3.8, 4) is 44.9 Å². The summed E-state index contributed by atoms with van der Waals surface area (Å²) in [5.74, 6) is 1.58. The molecule has 13 aromatic rings. The average molecular weight is 885 g/mol. The van der Waals surface area contributed by atoms with Crippen LogP contribution in [0.1, 0.15) is 0 Å². The molecule has 1 aliphatic rings. The van der Waals surface area contributed by atoms with Crippen molar-refractivity contribution in [3.63, 3.8) is 0 Å². The summed E-state index contributed by atoms with van der Waals surface area (Å²) in [5, 5.41) is 6.44. The molecule has 324 valence electrons. The SMILES string of the molecule is c1ccc(-c2ccc(N(c3ccc4c(c3)Oc3cccc5c(N(c6ccc(-c7ccccc7)cc6)c6cccc7c6oc6ccccc67)ccc-4c35)c3cccc4c3oc3ccccc34)cc2)cc1. The molecular formula is C64H40N2O3. The van der Waals surface area contributed by atoms with Crippen LogP contribution in [-0.2, 0) is 0 Å². The van der Waals surface area contributed by atoms with Gasteiger partial charge in [-0.1, -0.05) is 164 Å². The van der Waals surface area contributed by atoms with Gasteiger partial charge in [0.05, 0.1) is 22.7 Å². The first kappa shape index (κ1) is 38.9. The van der Waals surface area contributed by atoms with E-state index in [1.54, 1.807) is 0 Å². The fraction of sp³-hybridized carbons (Fsp3) is 0. The highest BCUT2D eigenvalue weighted by Crippen LogP contribution is 2.53. The van der Waals surface area contributed by atoms with Crippen molar-refractivity contribution < 1.29 is 13.6 Å². The minimum absolute atomic E-state index is 0.781. The van der Waals surface area contributed by atoms with Crippen LogP contribution in [0.25, 0.3) is 88.0 Å². The number of para-hydroxylation sites is 4. The lowest BCUT2D eigenvalue weighted by molar-refractivity contribution is 0.487. The van der Waals surface area contributed by atoms with Gasteiger partial charge in [0.25, 0.3) is 0 Å². The highest BCUT2D eigenvalue weighted by Gasteiger charge is 2.28. The Labute approximate surface area is 397 Å². The van der Waals surface area contributed by atoms with Crippen LogP contribution in [0.4, 0.5) is 34.1 Å². The number of furan rings is 2. The first-order valence-corrected chi connectivity index (χ1v) is 23.3. The zero-order valence-corrected chi connectivity index (χ0v) is 37.2. The van der Waals surface area contributed by atoms with E-state index < -0.39 is 0 Å². The Kier molecular flexibility index (Phi) is 8.83. The van der Waals surface area contributed by atoms with Gasteiger partial charge >= 0.3 is 0 Å². The lowest BCUT2D eigenvalue weighted by Gasteiger charge is -2.30. The molecule has 14 rings (SSSR count). The van der Waals surface area contributed by atoms with E-state index in [2.05, 4.69) is 228 Å². The third kappa shape index (κ3) is 6.32. The van der Waals surface area contributed by atoms with Gasteiger partial charge in [0, 0.05) is 55.3 Å². The van der Waals surface area contributed by atoms with E-state index in [1.807, 2.05) is 24.3 Å². The Bertz CT molecular complexity index is 4100. The zero-order valence-electron chi connectivity index (χ0n) is 37.2. The Balaban J connectivity index is 0.922. The summed E-state index contributed by atoms with van der Waals surface area (Å²) in [7, 11) is 0. The molecule has 69 heavy (non-hydrogen) atoms. The predicted octanol–water partition coefficient (Wildman–Crippen LogP) is 18.7. The molecule has 0 aliphatic carbocycles. The number of benzene rings is 11. The van der Waals surface area contributed by atoms with E-state index in [1.165, 1.54) is 11.1 Å². The smallest absolute Gasteiger partial charge is 0.159 e.